The summed E-state index contributed by atoms with van der Waals surface area (Å²) in [5, 5.41) is 24.2. The Morgan fingerprint density at radius 3 is 2.12 bits per heavy atom. The number of nitrogens with two attached hydrogens (primary N) is 1. The lowest BCUT2D eigenvalue weighted by Gasteiger charge is -2.08. The number of carboxylic acid groups (broad SMARTS) is 1. The van der Waals surface area contributed by atoms with E-state index in [4.69, 9.17) is 15.9 Å². The third kappa shape index (κ3) is 8.93. The molecule has 0 aromatic rings. The number of hydrogen-bond acceptors (Lipinski definition) is 4. The van der Waals surface area contributed by atoms with E-state index in [1.54, 1.807) is 0 Å². The summed E-state index contributed by atoms with van der Waals surface area (Å²) in [6.07, 6.45) is -1.57. The van der Waals surface area contributed by atoms with Crippen molar-refractivity contribution in [3.05, 3.63) is 0 Å². The molecule has 0 aromatic heterocycles. The highest BCUT2D eigenvalue weighted by Gasteiger charge is 2.12. The number of rotatable bonds is 7. The van der Waals surface area contributed by atoms with Crippen LogP contribution in [0.1, 0.15) is 6.42 Å². The number of aliphatic carboxylic acids is 1. The van der Waals surface area contributed by atoms with Gasteiger partial charge < -0.3 is 31.9 Å². The summed E-state index contributed by atoms with van der Waals surface area (Å²) >= 11 is 0. The monoisotopic (exact) mass is 248 g/mol. The van der Waals surface area contributed by atoms with Crippen LogP contribution in [0.3, 0.4) is 0 Å². The van der Waals surface area contributed by atoms with E-state index in [9.17, 15) is 14.4 Å². The molecular weight excluding hydrogens is 232 g/mol. The summed E-state index contributed by atoms with van der Waals surface area (Å²) in [5.41, 5.74) is 4.79. The van der Waals surface area contributed by atoms with Crippen LogP contribution >= 0.6 is 0 Å². The van der Waals surface area contributed by atoms with Crippen molar-refractivity contribution in [3.63, 3.8) is 0 Å². The van der Waals surface area contributed by atoms with E-state index in [2.05, 4.69) is 16.0 Å². The molecule has 0 aliphatic rings. The predicted octanol–water partition coefficient (Wildman–Crippen LogP) is -2.21. The molecule has 0 saturated heterocycles. The van der Waals surface area contributed by atoms with Gasteiger partial charge in [0.1, 0.15) is 0 Å². The first-order chi connectivity index (χ1) is 7.93. The molecule has 0 unspecified atom stereocenters. The molecule has 4 amide bonds. The van der Waals surface area contributed by atoms with Gasteiger partial charge in [-0.1, -0.05) is 0 Å². The molecule has 1 atom stereocenters. The van der Waals surface area contributed by atoms with Crippen molar-refractivity contribution in [1.29, 1.82) is 0 Å². The minimum atomic E-state index is -1.49. The average molecular weight is 248 g/mol. The van der Waals surface area contributed by atoms with Crippen molar-refractivity contribution in [2.75, 3.05) is 19.6 Å². The lowest BCUT2D eigenvalue weighted by Crippen LogP contribution is -2.42. The van der Waals surface area contributed by atoms with Gasteiger partial charge >= 0.3 is 18.0 Å². The van der Waals surface area contributed by atoms with Gasteiger partial charge in [0.2, 0.25) is 0 Å². The molecule has 9 heteroatoms. The van der Waals surface area contributed by atoms with Crippen LogP contribution in [-0.2, 0) is 4.79 Å². The SMILES string of the molecule is NC(=O)NCCNC(=O)NCC[C@H](O)C(=O)O. The molecule has 17 heavy (non-hydrogen) atoms. The number of carbonyl (C=O) groups is 3. The van der Waals surface area contributed by atoms with Crippen molar-refractivity contribution in [3.8, 4) is 0 Å². The lowest BCUT2D eigenvalue weighted by molar-refractivity contribution is -0.146. The number of carboxylic acids is 1. The van der Waals surface area contributed by atoms with Crippen molar-refractivity contribution in [2.24, 2.45) is 5.73 Å². The lowest BCUT2D eigenvalue weighted by atomic mass is 10.2. The van der Waals surface area contributed by atoms with Crippen molar-refractivity contribution >= 4 is 18.0 Å². The van der Waals surface area contributed by atoms with Crippen LogP contribution in [0.5, 0.6) is 0 Å². The molecule has 0 aliphatic heterocycles. The van der Waals surface area contributed by atoms with E-state index in [0.29, 0.717) is 0 Å². The van der Waals surface area contributed by atoms with Gasteiger partial charge in [0.05, 0.1) is 0 Å². The van der Waals surface area contributed by atoms with Gasteiger partial charge in [-0.15, -0.1) is 0 Å². The summed E-state index contributed by atoms with van der Waals surface area (Å²) in [6.45, 7) is 0.416. The van der Waals surface area contributed by atoms with Gasteiger partial charge in [-0.05, 0) is 0 Å². The van der Waals surface area contributed by atoms with E-state index >= 15 is 0 Å². The van der Waals surface area contributed by atoms with E-state index in [0.717, 1.165) is 0 Å². The van der Waals surface area contributed by atoms with Crippen molar-refractivity contribution in [1.82, 2.24) is 16.0 Å². The second kappa shape index (κ2) is 8.16. The zero-order valence-corrected chi connectivity index (χ0v) is 9.10. The third-order valence-electron chi connectivity index (χ3n) is 1.70. The molecular formula is C8H16N4O5. The molecule has 0 spiro atoms. The molecule has 0 bridgehead atoms. The zero-order valence-electron chi connectivity index (χ0n) is 9.10. The summed E-state index contributed by atoms with van der Waals surface area (Å²) in [4.78, 5) is 31.5. The van der Waals surface area contributed by atoms with Crippen LogP contribution in [0.25, 0.3) is 0 Å². The fourth-order valence-electron chi connectivity index (χ4n) is 0.870. The Bertz CT molecular complexity index is 283. The number of hydrogen-bond donors (Lipinski definition) is 6. The Morgan fingerprint density at radius 2 is 1.59 bits per heavy atom. The normalized spacial score (nSPS) is 11.4. The smallest absolute Gasteiger partial charge is 0.332 e. The molecule has 0 radical (unpaired) electrons. The fraction of sp³-hybridized carbons (Fsp3) is 0.625. The molecule has 7 N–H and O–H groups in total. The summed E-state index contributed by atoms with van der Waals surface area (Å²) in [5.74, 6) is -1.34. The molecule has 98 valence electrons. The maximum Gasteiger partial charge on any atom is 0.332 e. The Kier molecular flexibility index (Phi) is 7.19. The molecule has 9 nitrogen and oxygen atoms in total. The second-order valence-electron chi connectivity index (χ2n) is 3.12. The van der Waals surface area contributed by atoms with Gasteiger partial charge in [0, 0.05) is 26.1 Å². The van der Waals surface area contributed by atoms with Crippen LogP contribution in [0, 0.1) is 0 Å². The number of nitrogens with one attached hydrogen (secondary N) is 3. The van der Waals surface area contributed by atoms with Gasteiger partial charge in [0.25, 0.3) is 0 Å². The number of carbonyl (C=O) groups excluding carboxylic acids is 2. The summed E-state index contributed by atoms with van der Waals surface area (Å²) in [7, 11) is 0. The largest absolute Gasteiger partial charge is 0.479 e. The minimum absolute atomic E-state index is 0.0303. The minimum Gasteiger partial charge on any atom is -0.479 e. The summed E-state index contributed by atoms with van der Waals surface area (Å²) < 4.78 is 0. The van der Waals surface area contributed by atoms with Crippen LogP contribution in [0.2, 0.25) is 0 Å². The van der Waals surface area contributed by atoms with E-state index < -0.39 is 24.1 Å². The van der Waals surface area contributed by atoms with Crippen LogP contribution in [0.15, 0.2) is 0 Å². The average Bonchev–Trinajstić information content (AvgIpc) is 2.23. The number of aliphatic hydroxyl groups is 1. The van der Waals surface area contributed by atoms with Gasteiger partial charge in [-0.25, -0.2) is 14.4 Å². The maximum absolute atomic E-state index is 11.0. The molecule has 0 aliphatic carbocycles. The first-order valence-electron chi connectivity index (χ1n) is 4.89. The maximum atomic E-state index is 11.0. The highest BCUT2D eigenvalue weighted by molar-refractivity contribution is 5.74. The number of urea groups is 2. The summed E-state index contributed by atoms with van der Waals surface area (Å²) in [6, 6.07) is -1.20. The fourth-order valence-corrected chi connectivity index (χ4v) is 0.870. The van der Waals surface area contributed by atoms with Gasteiger partial charge in [0.15, 0.2) is 6.10 Å². The zero-order chi connectivity index (χ0) is 13.3. The Labute approximate surface area is 97.4 Å². The Morgan fingerprint density at radius 1 is 1.06 bits per heavy atom. The molecule has 0 aromatic carbocycles. The van der Waals surface area contributed by atoms with Gasteiger partial charge in [-0.2, -0.15) is 0 Å². The van der Waals surface area contributed by atoms with Crippen LogP contribution < -0.4 is 21.7 Å². The predicted molar refractivity (Wildman–Crippen MR) is 57.2 cm³/mol. The second-order valence-corrected chi connectivity index (χ2v) is 3.12. The Hall–Kier alpha value is -2.03. The highest BCUT2D eigenvalue weighted by atomic mass is 16.4. The first kappa shape index (κ1) is 15.0. The van der Waals surface area contributed by atoms with E-state index in [1.165, 1.54) is 0 Å². The molecule has 0 heterocycles. The number of amides is 4. The number of primary amides is 1. The Balaban J connectivity index is 3.47. The number of aliphatic hydroxyl groups excluding tert-OH is 1. The standard InChI is InChI=1S/C8H16N4O5/c9-7(16)10-3-4-12-8(17)11-2-1-5(13)6(14)15/h5,13H,1-4H2,(H,14,15)(H3,9,10,16)(H2,11,12,17)/t5-/m0/s1. The van der Waals surface area contributed by atoms with Crippen LogP contribution in [0.4, 0.5) is 9.59 Å². The highest BCUT2D eigenvalue weighted by Crippen LogP contribution is 1.88. The van der Waals surface area contributed by atoms with E-state index in [1.807, 2.05) is 0 Å². The molecule has 0 saturated carbocycles. The molecule has 0 fully saturated rings. The quantitative estimate of drug-likeness (QED) is 0.282. The van der Waals surface area contributed by atoms with Gasteiger partial charge in [-0.3, -0.25) is 0 Å². The third-order valence-corrected chi connectivity index (χ3v) is 1.70. The van der Waals surface area contributed by atoms with Crippen LogP contribution in [-0.4, -0.2) is 54.0 Å². The molecule has 0 rings (SSSR count). The van der Waals surface area contributed by atoms with Crippen molar-refractivity contribution in [2.45, 2.75) is 12.5 Å². The first-order valence-corrected chi connectivity index (χ1v) is 4.89. The van der Waals surface area contributed by atoms with Crippen molar-refractivity contribution < 1.29 is 24.6 Å². The topological polar surface area (TPSA) is 154 Å². The van der Waals surface area contributed by atoms with E-state index in [-0.39, 0.29) is 26.1 Å².